The maximum Gasteiger partial charge on any atom is 0.256 e. The molecule has 6 aromatic rings. The van der Waals surface area contributed by atoms with Crippen molar-refractivity contribution in [3.05, 3.63) is 110 Å². The van der Waals surface area contributed by atoms with Gasteiger partial charge in [-0.25, -0.2) is 35.8 Å². The second kappa shape index (κ2) is 23.9. The second-order valence-corrected chi connectivity index (χ2v) is 24.2. The van der Waals surface area contributed by atoms with Crippen molar-refractivity contribution in [1.82, 2.24) is 44.3 Å². The summed E-state index contributed by atoms with van der Waals surface area (Å²) in [5.74, 6) is 0.239. The van der Waals surface area contributed by atoms with Crippen molar-refractivity contribution in [1.29, 1.82) is 0 Å². The maximum absolute atomic E-state index is 13.8. The molecule has 0 spiro atoms. The summed E-state index contributed by atoms with van der Waals surface area (Å²) in [7, 11) is -7.16. The van der Waals surface area contributed by atoms with Gasteiger partial charge in [0.25, 0.3) is 11.8 Å². The molecular formula is C50H63Cl3N12O8S2. The van der Waals surface area contributed by atoms with Gasteiger partial charge in [0.05, 0.1) is 77.7 Å². The molecule has 4 aliphatic rings. The molecule has 4 aliphatic heterocycles. The first kappa shape index (κ1) is 55.9. The molecule has 4 aromatic heterocycles. The number of anilines is 3. The minimum Gasteiger partial charge on any atom is -0.395 e. The first-order chi connectivity index (χ1) is 35.7. The van der Waals surface area contributed by atoms with Crippen molar-refractivity contribution < 1.29 is 36.6 Å². The fourth-order valence-corrected chi connectivity index (χ4v) is 11.7. The van der Waals surface area contributed by atoms with Gasteiger partial charge in [-0.2, -0.15) is 10.2 Å². The number of likely N-dealkylation sites (tertiary alicyclic amines) is 2. The predicted octanol–water partition coefficient (Wildman–Crippen LogP) is 7.21. The molecule has 0 aliphatic carbocycles. The number of aliphatic hydroxyl groups is 2. The van der Waals surface area contributed by atoms with E-state index in [2.05, 4.69) is 29.7 Å². The Bertz CT molecular complexity index is 3240. The molecule has 2 aromatic carbocycles. The average Bonchev–Trinajstić information content (AvgIpc) is 4.23. The van der Waals surface area contributed by atoms with Crippen LogP contribution in [-0.2, 0) is 20.0 Å². The number of hydrogen-bond donors (Lipinski definition) is 5. The molecule has 25 heteroatoms. The van der Waals surface area contributed by atoms with Crippen molar-refractivity contribution in [3.8, 4) is 0 Å². The third-order valence-electron chi connectivity index (χ3n) is 13.7. The molecule has 2 amide bonds. The van der Waals surface area contributed by atoms with E-state index in [9.17, 15) is 31.5 Å². The van der Waals surface area contributed by atoms with E-state index in [1.807, 2.05) is 32.2 Å². The fourth-order valence-electron chi connectivity index (χ4n) is 10.1. The molecule has 4 saturated heterocycles. The highest BCUT2D eigenvalue weighted by atomic mass is 35.5. The normalized spacial score (nSPS) is 20.1. The monoisotopic (exact) mass is 1130 g/mol. The minimum atomic E-state index is -3.59. The van der Waals surface area contributed by atoms with E-state index in [0.29, 0.717) is 57.9 Å². The minimum absolute atomic E-state index is 0.0648. The number of nitrogens with zero attached hydrogens (tertiary/aromatic N) is 9. The third kappa shape index (κ3) is 13.6. The van der Waals surface area contributed by atoms with Crippen LogP contribution < -0.4 is 19.7 Å². The van der Waals surface area contributed by atoms with Crippen molar-refractivity contribution in [2.75, 3.05) is 66.2 Å². The Morgan fingerprint density at radius 1 is 0.653 bits per heavy atom. The summed E-state index contributed by atoms with van der Waals surface area (Å²) < 4.78 is 55.6. The highest BCUT2D eigenvalue weighted by molar-refractivity contribution is 7.92. The zero-order valence-electron chi connectivity index (χ0n) is 42.2. The molecule has 10 rings (SSSR count). The Morgan fingerprint density at radius 2 is 1.17 bits per heavy atom. The second-order valence-electron chi connectivity index (χ2n) is 19.5. The molecule has 0 radical (unpaired) electrons. The van der Waals surface area contributed by atoms with E-state index in [-0.39, 0.29) is 59.0 Å². The van der Waals surface area contributed by atoms with Crippen LogP contribution in [-0.4, -0.2) is 142 Å². The summed E-state index contributed by atoms with van der Waals surface area (Å²) in [5, 5.41) is 32.0. The summed E-state index contributed by atoms with van der Waals surface area (Å²) in [4.78, 5) is 42.2. The Morgan fingerprint density at radius 3 is 1.64 bits per heavy atom. The average molecular weight is 1130 g/mol. The summed E-state index contributed by atoms with van der Waals surface area (Å²) in [6.07, 6.45) is 15.2. The molecule has 404 valence electrons. The van der Waals surface area contributed by atoms with Crippen molar-refractivity contribution >= 4 is 95.2 Å². The zero-order chi connectivity index (χ0) is 53.8. The molecule has 4 atom stereocenters. The van der Waals surface area contributed by atoms with Gasteiger partial charge in [0.1, 0.15) is 11.0 Å². The van der Waals surface area contributed by atoms with Gasteiger partial charge in [0.15, 0.2) is 11.3 Å². The standard InChI is InChI=1S/C25H31ClN6O4S.C20H21Cl2N5O3S.C5H11NO/c1-16-14-32-23(27-24(16)30-11-5-6-18(30)15-33)13-21(28-32)22-7-3-4-10-31(22)25(34)19-12-17(26)8-9-20(19)29-37(2,35)36;1-12-11-27-18(23-19(12)22)10-16(24-27)17-5-3-4-8-26(17)20(28)14-9-13(21)6-7-15(14)25-31(2,29)30;7-4-5-2-1-3-6-5/h8-9,12-14,18,22,29,33H,3-7,10-11,15H2,1-2H3;6-7,9-11,17,25H,3-5,8H2,1-2H3;5-7H,1-4H2/t18-,22-;17-;5-/m000/s1. The Hall–Kier alpha value is -5.33. The lowest BCUT2D eigenvalue weighted by Crippen LogP contribution is -2.39. The van der Waals surface area contributed by atoms with E-state index in [1.54, 1.807) is 37.2 Å². The molecule has 20 nitrogen and oxygen atoms in total. The van der Waals surface area contributed by atoms with E-state index < -0.39 is 20.0 Å². The number of sulfonamides is 2. The van der Waals surface area contributed by atoms with Gasteiger partial charge in [0.2, 0.25) is 20.0 Å². The molecule has 8 heterocycles. The lowest BCUT2D eigenvalue weighted by molar-refractivity contribution is 0.0600. The van der Waals surface area contributed by atoms with Crippen LogP contribution in [0.5, 0.6) is 0 Å². The molecule has 0 saturated carbocycles. The smallest absolute Gasteiger partial charge is 0.256 e. The highest BCUT2D eigenvalue weighted by Crippen LogP contribution is 2.37. The zero-order valence-corrected chi connectivity index (χ0v) is 46.1. The number of nitrogens with one attached hydrogen (secondary N) is 3. The highest BCUT2D eigenvalue weighted by Gasteiger charge is 2.35. The lowest BCUT2D eigenvalue weighted by atomic mass is 9.98. The molecule has 0 bridgehead atoms. The van der Waals surface area contributed by atoms with Crippen LogP contribution in [0.2, 0.25) is 15.2 Å². The van der Waals surface area contributed by atoms with Gasteiger partial charge >= 0.3 is 0 Å². The number of amides is 2. The number of carbonyl (C=O) groups is 2. The first-order valence-corrected chi connectivity index (χ1v) is 29.9. The van der Waals surface area contributed by atoms with Crippen LogP contribution in [0.4, 0.5) is 17.2 Å². The number of fused-ring (bicyclic) bond motifs is 2. The summed E-state index contributed by atoms with van der Waals surface area (Å²) in [6.45, 7) is 7.22. The molecular weight excluding hydrogens is 1070 g/mol. The Balaban J connectivity index is 0.000000178. The number of piperidine rings is 2. The number of hydrogen-bond acceptors (Lipinski definition) is 14. The number of rotatable bonds is 11. The van der Waals surface area contributed by atoms with Gasteiger partial charge in [0, 0.05) is 71.4 Å². The van der Waals surface area contributed by atoms with Gasteiger partial charge < -0.3 is 30.2 Å². The van der Waals surface area contributed by atoms with E-state index >= 15 is 0 Å². The lowest BCUT2D eigenvalue weighted by Gasteiger charge is -2.35. The van der Waals surface area contributed by atoms with Crippen molar-refractivity contribution in [2.24, 2.45) is 0 Å². The predicted molar refractivity (Wildman–Crippen MR) is 291 cm³/mol. The number of halogens is 3. The number of aromatic nitrogens is 6. The summed E-state index contributed by atoms with van der Waals surface area (Å²) >= 11 is 18.5. The van der Waals surface area contributed by atoms with Crippen molar-refractivity contribution in [3.63, 3.8) is 0 Å². The SMILES string of the molecule is Cc1cn2nc([C@@H]3CCCCN3C(=O)c3cc(Cl)ccc3NS(C)(=O)=O)cc2nc1Cl.Cc1cn2nc([C@@H]3CCCCN3C(=O)c3cc(Cl)ccc3NS(C)(=O)=O)cc2nc1N1CCC[C@H]1CO.OC[C@@H]1CCCN1. The number of aryl methyl sites for hydroxylation is 2. The van der Waals surface area contributed by atoms with Crippen LogP contribution in [0.25, 0.3) is 11.3 Å². The number of aliphatic hydroxyl groups excluding tert-OH is 2. The third-order valence-corrected chi connectivity index (χ3v) is 15.7. The summed E-state index contributed by atoms with van der Waals surface area (Å²) in [5.41, 5.74) is 5.29. The van der Waals surface area contributed by atoms with Gasteiger partial charge in [-0.1, -0.05) is 34.8 Å². The Labute approximate surface area is 451 Å². The largest absolute Gasteiger partial charge is 0.395 e. The van der Waals surface area contributed by atoms with Gasteiger partial charge in [-0.05, 0) is 121 Å². The van der Waals surface area contributed by atoms with Crippen molar-refractivity contribution in [2.45, 2.75) is 102 Å². The quantitative estimate of drug-likeness (QED) is 0.0805. The van der Waals surface area contributed by atoms with Crippen LogP contribution in [0.15, 0.2) is 60.9 Å². The maximum atomic E-state index is 13.8. The molecule has 75 heavy (non-hydrogen) atoms. The fraction of sp³-hybridized carbons (Fsp3) is 0.480. The number of benzene rings is 2. The molecule has 5 N–H and O–H groups in total. The van der Waals surface area contributed by atoms with E-state index in [0.717, 1.165) is 106 Å². The summed E-state index contributed by atoms with van der Waals surface area (Å²) in [6, 6.07) is 12.7. The van der Waals surface area contributed by atoms with Crippen LogP contribution in [0.3, 0.4) is 0 Å². The van der Waals surface area contributed by atoms with Crippen LogP contribution >= 0.6 is 34.8 Å². The van der Waals surface area contributed by atoms with E-state index in [4.69, 9.17) is 50.0 Å². The van der Waals surface area contributed by atoms with Gasteiger partial charge in [-0.3, -0.25) is 19.0 Å². The molecule has 4 fully saturated rings. The van der Waals surface area contributed by atoms with Crippen LogP contribution in [0.1, 0.15) is 120 Å². The van der Waals surface area contributed by atoms with E-state index in [1.165, 1.54) is 30.7 Å². The van der Waals surface area contributed by atoms with Crippen LogP contribution in [0, 0.1) is 13.8 Å². The molecule has 0 unspecified atom stereocenters. The number of carbonyl (C=O) groups excluding carboxylic acids is 2. The Kier molecular flexibility index (Phi) is 17.8. The van der Waals surface area contributed by atoms with Gasteiger partial charge in [-0.15, -0.1) is 0 Å². The topological polar surface area (TPSA) is 249 Å². The first-order valence-electron chi connectivity index (χ1n) is 25.0.